The van der Waals surface area contributed by atoms with Gasteiger partial charge in [-0.1, -0.05) is 11.6 Å². The molecule has 0 unspecified atom stereocenters. The number of hydrogen-bond acceptors (Lipinski definition) is 5. The van der Waals surface area contributed by atoms with E-state index in [0.717, 1.165) is 17.0 Å². The minimum atomic E-state index is -0.326. The highest BCUT2D eigenvalue weighted by atomic mass is 35.5. The van der Waals surface area contributed by atoms with Crippen LogP contribution in [0.5, 0.6) is 0 Å². The summed E-state index contributed by atoms with van der Waals surface area (Å²) in [5, 5.41) is 19.0. The Morgan fingerprint density at radius 2 is 2.07 bits per heavy atom. The number of carbonyl (C=O) groups is 2. The van der Waals surface area contributed by atoms with Gasteiger partial charge in [-0.2, -0.15) is 10.4 Å². The molecule has 8 nitrogen and oxygen atoms in total. The summed E-state index contributed by atoms with van der Waals surface area (Å²) in [6, 6.07) is 6.82. The van der Waals surface area contributed by atoms with Crippen LogP contribution < -0.4 is 10.6 Å². The van der Waals surface area contributed by atoms with Crippen LogP contribution in [0.15, 0.2) is 24.4 Å². The molecule has 2 aromatic heterocycles. The fourth-order valence-electron chi connectivity index (χ4n) is 3.13. The molecule has 2 N–H and O–H groups in total. The summed E-state index contributed by atoms with van der Waals surface area (Å²) in [5.41, 5.74) is 4.21. The second-order valence-corrected chi connectivity index (χ2v) is 6.90. The highest BCUT2D eigenvalue weighted by molar-refractivity contribution is 6.34. The van der Waals surface area contributed by atoms with Gasteiger partial charge in [-0.05, 0) is 44.0 Å². The number of nitriles is 1. The topological polar surface area (TPSA) is 112 Å². The maximum absolute atomic E-state index is 12.4. The van der Waals surface area contributed by atoms with Crippen molar-refractivity contribution in [1.29, 1.82) is 5.26 Å². The maximum Gasteiger partial charge on any atom is 0.252 e. The molecule has 0 saturated heterocycles. The van der Waals surface area contributed by atoms with Gasteiger partial charge in [-0.25, -0.2) is 9.50 Å². The average molecular weight is 411 g/mol. The van der Waals surface area contributed by atoms with Crippen molar-refractivity contribution in [1.82, 2.24) is 19.9 Å². The van der Waals surface area contributed by atoms with Crippen molar-refractivity contribution in [2.75, 3.05) is 12.4 Å². The number of amides is 2. The molecule has 0 radical (unpaired) electrons. The summed E-state index contributed by atoms with van der Waals surface area (Å²) < 4.78 is 1.62. The van der Waals surface area contributed by atoms with E-state index in [1.165, 1.54) is 19.3 Å². The van der Waals surface area contributed by atoms with Crippen LogP contribution in [-0.2, 0) is 11.2 Å². The Balaban J connectivity index is 1.75. The Kier molecular flexibility index (Phi) is 5.80. The molecule has 9 heteroatoms. The van der Waals surface area contributed by atoms with E-state index in [9.17, 15) is 9.59 Å². The molecule has 0 fully saturated rings. The van der Waals surface area contributed by atoms with Gasteiger partial charge < -0.3 is 10.6 Å². The van der Waals surface area contributed by atoms with E-state index in [1.54, 1.807) is 16.6 Å². The molecule has 0 saturated carbocycles. The van der Waals surface area contributed by atoms with Crippen LogP contribution in [0.4, 0.5) is 5.69 Å². The molecule has 0 aliphatic carbocycles. The fraction of sp³-hybridized carbons (Fsp3) is 0.250. The summed E-state index contributed by atoms with van der Waals surface area (Å²) in [7, 11) is 1.51. The van der Waals surface area contributed by atoms with Crippen LogP contribution in [0.3, 0.4) is 0 Å². The third kappa shape index (κ3) is 4.05. The Labute approximate surface area is 172 Å². The van der Waals surface area contributed by atoms with E-state index >= 15 is 0 Å². The lowest BCUT2D eigenvalue weighted by atomic mass is 10.1. The van der Waals surface area contributed by atoms with Crippen LogP contribution in [0.25, 0.3) is 5.65 Å². The first kappa shape index (κ1) is 20.3. The van der Waals surface area contributed by atoms with Crippen LogP contribution in [0, 0.1) is 25.2 Å². The average Bonchev–Trinajstić information content (AvgIpc) is 3.11. The van der Waals surface area contributed by atoms with Gasteiger partial charge in [0.25, 0.3) is 5.91 Å². The van der Waals surface area contributed by atoms with Crippen molar-refractivity contribution in [2.45, 2.75) is 26.7 Å². The number of nitrogens with one attached hydrogen (secondary N) is 2. The SMILES string of the molecule is CNC(=O)c1cc(NC(=O)CCc2c(C)nc3c(C#N)cnn3c2C)ccc1Cl. The van der Waals surface area contributed by atoms with Crippen molar-refractivity contribution < 1.29 is 9.59 Å². The zero-order valence-corrected chi connectivity index (χ0v) is 17.0. The number of aromatic nitrogens is 3. The van der Waals surface area contributed by atoms with Gasteiger partial charge in [0.2, 0.25) is 5.91 Å². The Morgan fingerprint density at radius 3 is 2.76 bits per heavy atom. The first-order chi connectivity index (χ1) is 13.8. The van der Waals surface area contributed by atoms with Gasteiger partial charge in [-0.15, -0.1) is 0 Å². The first-order valence-corrected chi connectivity index (χ1v) is 9.29. The van der Waals surface area contributed by atoms with E-state index in [-0.39, 0.29) is 18.2 Å². The number of anilines is 1. The van der Waals surface area contributed by atoms with Gasteiger partial charge in [0.1, 0.15) is 11.6 Å². The molecule has 1 aromatic carbocycles. The lowest BCUT2D eigenvalue weighted by molar-refractivity contribution is -0.116. The molecule has 0 atom stereocenters. The minimum Gasteiger partial charge on any atom is -0.355 e. The van der Waals surface area contributed by atoms with Crippen LogP contribution >= 0.6 is 11.6 Å². The molecule has 2 heterocycles. The third-order valence-electron chi connectivity index (χ3n) is 4.65. The largest absolute Gasteiger partial charge is 0.355 e. The summed E-state index contributed by atoms with van der Waals surface area (Å²) in [5.74, 6) is -0.528. The lowest BCUT2D eigenvalue weighted by Crippen LogP contribution is -2.19. The second kappa shape index (κ2) is 8.29. The number of rotatable bonds is 5. The molecule has 0 aliphatic rings. The molecule has 2 amide bonds. The van der Waals surface area contributed by atoms with Crippen molar-refractivity contribution >= 4 is 34.7 Å². The summed E-state index contributed by atoms with van der Waals surface area (Å²) >= 11 is 6.03. The van der Waals surface area contributed by atoms with Crippen LogP contribution in [0.1, 0.15) is 39.3 Å². The molecule has 29 heavy (non-hydrogen) atoms. The second-order valence-electron chi connectivity index (χ2n) is 6.49. The summed E-state index contributed by atoms with van der Waals surface area (Å²) in [4.78, 5) is 28.7. The fourth-order valence-corrected chi connectivity index (χ4v) is 3.33. The Hall–Kier alpha value is -3.44. The van der Waals surface area contributed by atoms with E-state index in [4.69, 9.17) is 16.9 Å². The van der Waals surface area contributed by atoms with Crippen LogP contribution in [0.2, 0.25) is 5.02 Å². The number of carbonyl (C=O) groups excluding carboxylic acids is 2. The van der Waals surface area contributed by atoms with Crippen LogP contribution in [-0.4, -0.2) is 33.5 Å². The highest BCUT2D eigenvalue weighted by Gasteiger charge is 2.15. The predicted molar refractivity (Wildman–Crippen MR) is 109 cm³/mol. The molecular weight excluding hydrogens is 392 g/mol. The standard InChI is InChI=1S/C20H19ClN6O2/c1-11-15(12(2)27-19(25-11)13(9-22)10-24-27)5-7-18(28)26-14-4-6-17(21)16(8-14)20(29)23-3/h4,6,8,10H,5,7H2,1-3H3,(H,23,29)(H,26,28). The third-order valence-corrected chi connectivity index (χ3v) is 4.98. The number of hydrogen-bond donors (Lipinski definition) is 2. The van der Waals surface area contributed by atoms with Gasteiger partial charge >= 0.3 is 0 Å². The van der Waals surface area contributed by atoms with Gasteiger partial charge in [0.05, 0.1) is 16.8 Å². The Morgan fingerprint density at radius 1 is 1.31 bits per heavy atom. The quantitative estimate of drug-likeness (QED) is 0.671. The van der Waals surface area contributed by atoms with Crippen molar-refractivity contribution in [3.05, 3.63) is 57.5 Å². The van der Waals surface area contributed by atoms with E-state index in [0.29, 0.717) is 33.9 Å². The number of aryl methyl sites for hydroxylation is 2. The van der Waals surface area contributed by atoms with E-state index in [2.05, 4.69) is 26.8 Å². The monoisotopic (exact) mass is 410 g/mol. The lowest BCUT2D eigenvalue weighted by Gasteiger charge is -2.12. The zero-order chi connectivity index (χ0) is 21.1. The zero-order valence-electron chi connectivity index (χ0n) is 16.2. The minimum absolute atomic E-state index is 0.202. The predicted octanol–water partition coefficient (Wildman–Crippen LogP) is 2.80. The number of benzene rings is 1. The smallest absolute Gasteiger partial charge is 0.252 e. The van der Waals surface area contributed by atoms with Crippen molar-refractivity contribution in [3.8, 4) is 6.07 Å². The number of fused-ring (bicyclic) bond motifs is 1. The van der Waals surface area contributed by atoms with E-state index < -0.39 is 0 Å². The van der Waals surface area contributed by atoms with Gasteiger partial charge in [0, 0.05) is 30.5 Å². The summed E-state index contributed by atoms with van der Waals surface area (Å²) in [6.45, 7) is 3.74. The molecule has 3 aromatic rings. The maximum atomic E-state index is 12.4. The normalized spacial score (nSPS) is 10.6. The highest BCUT2D eigenvalue weighted by Crippen LogP contribution is 2.22. The molecule has 3 rings (SSSR count). The molecular formula is C20H19ClN6O2. The summed E-state index contributed by atoms with van der Waals surface area (Å²) in [6.07, 6.45) is 2.17. The molecule has 0 bridgehead atoms. The molecule has 0 aliphatic heterocycles. The Bertz CT molecular complexity index is 1160. The number of halogens is 1. The van der Waals surface area contributed by atoms with E-state index in [1.807, 2.05) is 13.8 Å². The number of nitrogens with zero attached hydrogens (tertiary/aromatic N) is 4. The van der Waals surface area contributed by atoms with Gasteiger partial charge in [-0.3, -0.25) is 9.59 Å². The van der Waals surface area contributed by atoms with Gasteiger partial charge in [0.15, 0.2) is 5.65 Å². The molecule has 148 valence electrons. The van der Waals surface area contributed by atoms with Crippen molar-refractivity contribution in [3.63, 3.8) is 0 Å². The van der Waals surface area contributed by atoms with Crippen molar-refractivity contribution in [2.24, 2.45) is 0 Å². The first-order valence-electron chi connectivity index (χ1n) is 8.91. The molecule has 0 spiro atoms.